The molecule has 2 N–H and O–H groups in total. The molecular weight excluding hydrogens is 480 g/mol. The molecule has 0 unspecified atom stereocenters. The van der Waals surface area contributed by atoms with Crippen LogP contribution in [0.3, 0.4) is 0 Å². The molecule has 12 heteroatoms. The van der Waals surface area contributed by atoms with Gasteiger partial charge in [0.25, 0.3) is 5.91 Å². The predicted octanol–water partition coefficient (Wildman–Crippen LogP) is 3.79. The zero-order chi connectivity index (χ0) is 25.1. The zero-order valence-electron chi connectivity index (χ0n) is 19.8. The molecule has 36 heavy (non-hydrogen) atoms. The Morgan fingerprint density at radius 3 is 2.72 bits per heavy atom. The van der Waals surface area contributed by atoms with Crippen molar-refractivity contribution in [3.8, 4) is 27.6 Å². The molecule has 3 heterocycles. The second kappa shape index (κ2) is 10.2. The van der Waals surface area contributed by atoms with Crippen molar-refractivity contribution < 1.29 is 14.3 Å². The maximum atomic E-state index is 12.7. The van der Waals surface area contributed by atoms with Gasteiger partial charge in [0.15, 0.2) is 0 Å². The fourth-order valence-corrected chi connectivity index (χ4v) is 4.67. The number of rotatable bonds is 8. The van der Waals surface area contributed by atoms with Crippen LogP contribution in [0.4, 0.5) is 11.6 Å². The number of nitrogens with one attached hydrogen (secondary N) is 2. The third kappa shape index (κ3) is 5.08. The summed E-state index contributed by atoms with van der Waals surface area (Å²) < 4.78 is 6.82. The number of carbonyl (C=O) groups excluding carboxylic acids is 2. The first-order valence-corrected chi connectivity index (χ1v) is 12.3. The van der Waals surface area contributed by atoms with Gasteiger partial charge in [-0.25, -0.2) is 9.67 Å². The highest BCUT2D eigenvalue weighted by atomic mass is 32.1. The number of anilines is 2. The lowest BCUT2D eigenvalue weighted by molar-refractivity contribution is -0.117. The maximum Gasteiger partial charge on any atom is 0.261 e. The van der Waals surface area contributed by atoms with Crippen LogP contribution in [0.5, 0.6) is 5.75 Å². The lowest BCUT2D eigenvalue weighted by Gasteiger charge is -2.24. The summed E-state index contributed by atoms with van der Waals surface area (Å²) in [6.45, 7) is 0. The van der Waals surface area contributed by atoms with Crippen molar-refractivity contribution in [2.24, 2.45) is 13.0 Å². The van der Waals surface area contributed by atoms with Crippen LogP contribution < -0.4 is 15.4 Å². The Morgan fingerprint density at radius 1 is 1.17 bits per heavy atom. The summed E-state index contributed by atoms with van der Waals surface area (Å²) in [6, 6.07) is 7.08. The highest BCUT2D eigenvalue weighted by molar-refractivity contribution is 7.14. The minimum atomic E-state index is -0.401. The summed E-state index contributed by atoms with van der Waals surface area (Å²) in [7, 11) is 3.12. The number of ether oxygens (including phenoxy) is 1. The van der Waals surface area contributed by atoms with Gasteiger partial charge >= 0.3 is 0 Å². The molecule has 0 saturated heterocycles. The summed E-state index contributed by atoms with van der Waals surface area (Å²) >= 11 is 1.49. The second-order valence-corrected chi connectivity index (χ2v) is 9.44. The SMILES string of the molecule is COc1cc(-c2cncc(-c3cc(NC(=O)CC4CCC4)cs3)n2)ccc1C(=O)Nc1nnnn1C. The van der Waals surface area contributed by atoms with E-state index in [2.05, 4.69) is 31.1 Å². The molecule has 0 bridgehead atoms. The number of hydrogen-bond acceptors (Lipinski definition) is 9. The van der Waals surface area contributed by atoms with Gasteiger partial charge in [-0.3, -0.25) is 19.9 Å². The molecule has 1 aliphatic rings. The molecule has 0 radical (unpaired) electrons. The van der Waals surface area contributed by atoms with Crippen molar-refractivity contribution in [2.75, 3.05) is 17.7 Å². The van der Waals surface area contributed by atoms with Crippen molar-refractivity contribution in [3.05, 3.63) is 47.6 Å². The summed E-state index contributed by atoms with van der Waals surface area (Å²) in [5.74, 6) is 0.764. The average molecular weight is 505 g/mol. The standard InChI is InChI=1S/C24H24N8O3S/c1-32-24(29-30-31-32)28-23(34)17-7-6-15(9-20(17)35-2)18-11-25-12-19(27-18)21-10-16(13-36-21)26-22(33)8-14-4-3-5-14/h6-7,9-14H,3-5,8H2,1-2H3,(H,26,33)(H,28,29,31,34). The molecule has 5 rings (SSSR count). The van der Waals surface area contributed by atoms with E-state index in [0.29, 0.717) is 35.0 Å². The Labute approximate surface area is 210 Å². The van der Waals surface area contributed by atoms with E-state index in [-0.39, 0.29) is 11.9 Å². The lowest BCUT2D eigenvalue weighted by atomic mass is 9.83. The van der Waals surface area contributed by atoms with Gasteiger partial charge in [-0.15, -0.1) is 11.3 Å². The van der Waals surface area contributed by atoms with Gasteiger partial charge in [0.1, 0.15) is 5.75 Å². The number of benzene rings is 1. The van der Waals surface area contributed by atoms with Crippen LogP contribution in [0.2, 0.25) is 0 Å². The topological polar surface area (TPSA) is 137 Å². The van der Waals surface area contributed by atoms with Crippen LogP contribution in [0.1, 0.15) is 36.0 Å². The van der Waals surface area contributed by atoms with Crippen molar-refractivity contribution in [2.45, 2.75) is 25.7 Å². The third-order valence-electron chi connectivity index (χ3n) is 6.06. The quantitative estimate of drug-likeness (QED) is 0.370. The van der Waals surface area contributed by atoms with Gasteiger partial charge in [-0.2, -0.15) is 0 Å². The van der Waals surface area contributed by atoms with E-state index in [4.69, 9.17) is 9.72 Å². The molecule has 1 fully saturated rings. The van der Waals surface area contributed by atoms with Crippen molar-refractivity contribution >= 4 is 34.8 Å². The Balaban J connectivity index is 1.33. The zero-order valence-corrected chi connectivity index (χ0v) is 20.6. The van der Waals surface area contributed by atoms with Gasteiger partial charge in [0.05, 0.1) is 47.0 Å². The number of amides is 2. The second-order valence-electron chi connectivity index (χ2n) is 8.53. The molecule has 1 saturated carbocycles. The first-order valence-electron chi connectivity index (χ1n) is 11.4. The van der Waals surface area contributed by atoms with E-state index < -0.39 is 5.91 Å². The molecule has 0 atom stereocenters. The van der Waals surface area contributed by atoms with Gasteiger partial charge in [0, 0.05) is 24.4 Å². The third-order valence-corrected chi connectivity index (χ3v) is 7.01. The van der Waals surface area contributed by atoms with E-state index in [9.17, 15) is 9.59 Å². The normalized spacial score (nSPS) is 13.2. The molecule has 3 aromatic heterocycles. The van der Waals surface area contributed by atoms with Crippen LogP contribution in [0, 0.1) is 5.92 Å². The van der Waals surface area contributed by atoms with Crippen LogP contribution in [0.15, 0.2) is 42.0 Å². The number of methoxy groups -OCH3 is 1. The van der Waals surface area contributed by atoms with E-state index in [1.54, 1.807) is 37.6 Å². The predicted molar refractivity (Wildman–Crippen MR) is 135 cm³/mol. The fourth-order valence-electron chi connectivity index (χ4n) is 3.87. The number of nitrogens with zero attached hydrogens (tertiary/aromatic N) is 6. The lowest BCUT2D eigenvalue weighted by Crippen LogP contribution is -2.20. The summed E-state index contributed by atoms with van der Waals surface area (Å²) in [6.07, 6.45) is 7.41. The van der Waals surface area contributed by atoms with Crippen LogP contribution >= 0.6 is 11.3 Å². The minimum absolute atomic E-state index is 0.0514. The maximum absolute atomic E-state index is 12.7. The van der Waals surface area contributed by atoms with Gasteiger partial charge in [-0.1, -0.05) is 17.6 Å². The van der Waals surface area contributed by atoms with Gasteiger partial charge in [0.2, 0.25) is 11.9 Å². The Bertz CT molecular complexity index is 1410. The highest BCUT2D eigenvalue weighted by Gasteiger charge is 2.21. The van der Waals surface area contributed by atoms with E-state index in [1.807, 2.05) is 11.4 Å². The van der Waals surface area contributed by atoms with E-state index in [1.165, 1.54) is 29.5 Å². The van der Waals surface area contributed by atoms with Gasteiger partial charge in [-0.05, 0) is 47.4 Å². The molecule has 11 nitrogen and oxygen atoms in total. The average Bonchev–Trinajstić information content (AvgIpc) is 3.50. The summed E-state index contributed by atoms with van der Waals surface area (Å²) in [5.41, 5.74) is 3.14. The fraction of sp³-hybridized carbons (Fsp3) is 0.292. The number of aromatic nitrogens is 6. The van der Waals surface area contributed by atoms with Crippen molar-refractivity contribution in [1.82, 2.24) is 30.2 Å². The first-order chi connectivity index (χ1) is 17.5. The largest absolute Gasteiger partial charge is 0.496 e. The minimum Gasteiger partial charge on any atom is -0.496 e. The van der Waals surface area contributed by atoms with E-state index in [0.717, 1.165) is 29.0 Å². The van der Waals surface area contributed by atoms with Crippen molar-refractivity contribution in [3.63, 3.8) is 0 Å². The van der Waals surface area contributed by atoms with E-state index >= 15 is 0 Å². The molecule has 184 valence electrons. The number of tetrazole rings is 1. The number of thiophene rings is 1. The monoisotopic (exact) mass is 504 g/mol. The smallest absolute Gasteiger partial charge is 0.261 e. The first kappa shape index (κ1) is 23.5. The summed E-state index contributed by atoms with van der Waals surface area (Å²) in [5, 5.41) is 18.5. The number of carbonyl (C=O) groups is 2. The molecule has 0 aliphatic heterocycles. The molecule has 0 spiro atoms. The molecule has 4 aromatic rings. The molecule has 1 aromatic carbocycles. The van der Waals surface area contributed by atoms with Crippen molar-refractivity contribution in [1.29, 1.82) is 0 Å². The summed E-state index contributed by atoms with van der Waals surface area (Å²) in [4.78, 5) is 35.0. The number of hydrogen-bond donors (Lipinski definition) is 2. The van der Waals surface area contributed by atoms with Crippen LogP contribution in [-0.2, 0) is 11.8 Å². The Hall–Kier alpha value is -4.19. The van der Waals surface area contributed by atoms with Crippen LogP contribution in [0.25, 0.3) is 21.8 Å². The molecule has 2 amide bonds. The molecule has 1 aliphatic carbocycles. The number of aryl methyl sites for hydroxylation is 1. The molecular formula is C24H24N8O3S. The van der Waals surface area contributed by atoms with Gasteiger partial charge < -0.3 is 10.1 Å². The highest BCUT2D eigenvalue weighted by Crippen LogP contribution is 2.33. The van der Waals surface area contributed by atoms with Crippen LogP contribution in [-0.4, -0.2) is 49.1 Å². The Morgan fingerprint density at radius 2 is 2.00 bits per heavy atom. The Kier molecular flexibility index (Phi) is 6.67.